The minimum Gasteiger partial charge on any atom is -0.493 e. The molecule has 0 aliphatic heterocycles. The van der Waals surface area contributed by atoms with Crippen LogP contribution in [0.15, 0.2) is 47.5 Å². The van der Waals surface area contributed by atoms with E-state index >= 15 is 0 Å². The molecule has 1 fully saturated rings. The lowest BCUT2D eigenvalue weighted by Crippen LogP contribution is -2.30. The predicted octanol–water partition coefficient (Wildman–Crippen LogP) is 4.07. The molecule has 1 aliphatic carbocycles. The number of anilines is 1. The maximum absolute atomic E-state index is 5.98. The molecule has 0 radical (unpaired) electrons. The fraction of sp³-hybridized carbons (Fsp3) is 0.409. The summed E-state index contributed by atoms with van der Waals surface area (Å²) in [6.45, 7) is 3.96. The second-order valence-corrected chi connectivity index (χ2v) is 6.71. The third kappa shape index (κ3) is 5.55. The van der Waals surface area contributed by atoms with Gasteiger partial charge in [0.25, 0.3) is 0 Å². The number of hydrogen-bond donors (Lipinski definition) is 2. The Morgan fingerprint density at radius 3 is 2.61 bits per heavy atom. The van der Waals surface area contributed by atoms with Crippen LogP contribution in [-0.2, 0) is 6.54 Å². The molecule has 0 heterocycles. The first-order chi connectivity index (χ1) is 13.7. The first kappa shape index (κ1) is 19.9. The Labute approximate surface area is 166 Å². The Hall–Kier alpha value is -2.89. The van der Waals surface area contributed by atoms with Gasteiger partial charge in [0, 0.05) is 30.9 Å². The van der Waals surface area contributed by atoms with E-state index in [4.69, 9.17) is 14.2 Å². The highest BCUT2D eigenvalue weighted by Gasteiger charge is 2.22. The van der Waals surface area contributed by atoms with Crippen LogP contribution in [-0.4, -0.2) is 33.3 Å². The van der Waals surface area contributed by atoms with Crippen LogP contribution in [0.4, 0.5) is 5.69 Å². The summed E-state index contributed by atoms with van der Waals surface area (Å²) in [6.07, 6.45) is 2.56. The molecule has 2 aromatic carbocycles. The second kappa shape index (κ2) is 9.88. The zero-order valence-electron chi connectivity index (χ0n) is 16.8. The van der Waals surface area contributed by atoms with Crippen LogP contribution >= 0.6 is 0 Å². The van der Waals surface area contributed by atoms with Crippen molar-refractivity contribution in [3.8, 4) is 17.2 Å². The molecule has 150 valence electrons. The van der Waals surface area contributed by atoms with Crippen molar-refractivity contribution >= 4 is 11.6 Å². The minimum absolute atomic E-state index is 0.592. The quantitative estimate of drug-likeness (QED) is 0.505. The zero-order valence-corrected chi connectivity index (χ0v) is 16.8. The molecular weight excluding hydrogens is 354 g/mol. The summed E-state index contributed by atoms with van der Waals surface area (Å²) in [4.78, 5) is 4.31. The fourth-order valence-corrected chi connectivity index (χ4v) is 2.80. The zero-order chi connectivity index (χ0) is 19.8. The Bertz CT molecular complexity index is 803. The van der Waals surface area contributed by atoms with Crippen molar-refractivity contribution in [1.82, 2.24) is 5.32 Å². The molecule has 1 saturated carbocycles. The molecule has 0 saturated heterocycles. The number of hydrogen-bond acceptors (Lipinski definition) is 4. The summed E-state index contributed by atoms with van der Waals surface area (Å²) in [5.74, 6) is 3.73. The first-order valence-electron chi connectivity index (χ1n) is 9.72. The van der Waals surface area contributed by atoms with Gasteiger partial charge in [-0.3, -0.25) is 4.99 Å². The largest absolute Gasteiger partial charge is 0.493 e. The van der Waals surface area contributed by atoms with E-state index in [0.29, 0.717) is 24.9 Å². The van der Waals surface area contributed by atoms with Crippen molar-refractivity contribution < 1.29 is 14.2 Å². The number of benzene rings is 2. The normalized spacial score (nSPS) is 13.8. The van der Waals surface area contributed by atoms with Crippen molar-refractivity contribution in [3.63, 3.8) is 0 Å². The maximum Gasteiger partial charge on any atom is 0.195 e. The van der Waals surface area contributed by atoms with Crippen LogP contribution in [0.5, 0.6) is 17.2 Å². The summed E-state index contributed by atoms with van der Waals surface area (Å²) in [6, 6.07) is 13.8. The van der Waals surface area contributed by atoms with Gasteiger partial charge >= 0.3 is 0 Å². The minimum atomic E-state index is 0.592. The smallest absolute Gasteiger partial charge is 0.195 e. The highest BCUT2D eigenvalue weighted by molar-refractivity contribution is 5.93. The van der Waals surface area contributed by atoms with E-state index < -0.39 is 0 Å². The Morgan fingerprint density at radius 1 is 1.07 bits per heavy atom. The van der Waals surface area contributed by atoms with Gasteiger partial charge in [0.2, 0.25) is 0 Å². The predicted molar refractivity (Wildman–Crippen MR) is 113 cm³/mol. The lowest BCUT2D eigenvalue weighted by atomic mass is 10.2. The maximum atomic E-state index is 5.98. The molecule has 0 aromatic heterocycles. The van der Waals surface area contributed by atoms with Crippen molar-refractivity contribution in [2.24, 2.45) is 10.9 Å². The van der Waals surface area contributed by atoms with Gasteiger partial charge in [0.1, 0.15) is 5.75 Å². The van der Waals surface area contributed by atoms with Gasteiger partial charge in [-0.25, -0.2) is 0 Å². The first-order valence-corrected chi connectivity index (χ1v) is 9.72. The molecule has 3 rings (SSSR count). The van der Waals surface area contributed by atoms with E-state index in [2.05, 4.69) is 21.7 Å². The van der Waals surface area contributed by atoms with Gasteiger partial charge in [-0.15, -0.1) is 0 Å². The highest BCUT2D eigenvalue weighted by atomic mass is 16.5. The highest BCUT2D eigenvalue weighted by Crippen LogP contribution is 2.31. The van der Waals surface area contributed by atoms with E-state index in [0.717, 1.165) is 35.3 Å². The van der Waals surface area contributed by atoms with Gasteiger partial charge in [-0.1, -0.05) is 18.2 Å². The summed E-state index contributed by atoms with van der Waals surface area (Å²) < 4.78 is 17.0. The number of rotatable bonds is 9. The van der Waals surface area contributed by atoms with Gasteiger partial charge < -0.3 is 24.8 Å². The van der Waals surface area contributed by atoms with Crippen LogP contribution in [0.25, 0.3) is 0 Å². The SMILES string of the molecule is CCOc1ccc(NC(=NC)NCc2ccccc2OCC2CC2)cc1OC. The van der Waals surface area contributed by atoms with Crippen LogP contribution in [0, 0.1) is 5.92 Å². The summed E-state index contributed by atoms with van der Waals surface area (Å²) >= 11 is 0. The number of aliphatic imine (C=N–C) groups is 1. The van der Waals surface area contributed by atoms with Crippen LogP contribution in [0.1, 0.15) is 25.3 Å². The molecule has 0 spiro atoms. The van der Waals surface area contributed by atoms with E-state index in [-0.39, 0.29) is 0 Å². The van der Waals surface area contributed by atoms with Crippen molar-refractivity contribution in [2.45, 2.75) is 26.3 Å². The molecule has 1 aliphatic rings. The molecule has 28 heavy (non-hydrogen) atoms. The second-order valence-electron chi connectivity index (χ2n) is 6.71. The van der Waals surface area contributed by atoms with Crippen molar-refractivity contribution in [1.29, 1.82) is 0 Å². The number of methoxy groups -OCH3 is 1. The lowest BCUT2D eigenvalue weighted by molar-refractivity contribution is 0.296. The molecule has 0 atom stereocenters. The molecular formula is C22H29N3O3. The van der Waals surface area contributed by atoms with Crippen molar-refractivity contribution in [3.05, 3.63) is 48.0 Å². The molecule has 6 nitrogen and oxygen atoms in total. The Kier molecular flexibility index (Phi) is 7.00. The third-order valence-corrected chi connectivity index (χ3v) is 4.54. The standard InChI is InChI=1S/C22H29N3O3/c1-4-27-20-12-11-18(13-21(20)26-3)25-22(23-2)24-14-17-7-5-6-8-19(17)28-15-16-9-10-16/h5-8,11-13,16H,4,9-10,14-15H2,1-3H3,(H2,23,24,25). The Balaban J connectivity index is 1.61. The molecule has 2 N–H and O–H groups in total. The number of nitrogens with zero attached hydrogens (tertiary/aromatic N) is 1. The lowest BCUT2D eigenvalue weighted by Gasteiger charge is -2.16. The van der Waals surface area contributed by atoms with Gasteiger partial charge in [0.15, 0.2) is 17.5 Å². The monoisotopic (exact) mass is 383 g/mol. The molecule has 6 heteroatoms. The summed E-state index contributed by atoms with van der Waals surface area (Å²) in [7, 11) is 3.38. The van der Waals surface area contributed by atoms with E-state index in [1.807, 2.05) is 43.3 Å². The van der Waals surface area contributed by atoms with Gasteiger partial charge in [0.05, 0.1) is 20.3 Å². The number of nitrogens with one attached hydrogen (secondary N) is 2. The van der Waals surface area contributed by atoms with Crippen LogP contribution in [0.3, 0.4) is 0 Å². The third-order valence-electron chi connectivity index (χ3n) is 4.54. The van der Waals surface area contributed by atoms with E-state index in [1.165, 1.54) is 12.8 Å². The number of guanidine groups is 1. The number of ether oxygens (including phenoxy) is 3. The number of para-hydroxylation sites is 1. The summed E-state index contributed by atoms with van der Waals surface area (Å²) in [5, 5.41) is 6.63. The topological polar surface area (TPSA) is 64.1 Å². The average molecular weight is 383 g/mol. The molecule has 2 aromatic rings. The average Bonchev–Trinajstić information content (AvgIpc) is 3.55. The molecule has 0 amide bonds. The fourth-order valence-electron chi connectivity index (χ4n) is 2.80. The molecule has 0 unspecified atom stereocenters. The van der Waals surface area contributed by atoms with Crippen LogP contribution in [0.2, 0.25) is 0 Å². The van der Waals surface area contributed by atoms with Gasteiger partial charge in [-0.05, 0) is 43.9 Å². The van der Waals surface area contributed by atoms with Crippen LogP contribution < -0.4 is 24.8 Å². The van der Waals surface area contributed by atoms with Crippen molar-refractivity contribution in [2.75, 3.05) is 32.7 Å². The summed E-state index contributed by atoms with van der Waals surface area (Å²) in [5.41, 5.74) is 1.97. The Morgan fingerprint density at radius 2 is 1.89 bits per heavy atom. The van der Waals surface area contributed by atoms with Gasteiger partial charge in [-0.2, -0.15) is 0 Å². The molecule has 0 bridgehead atoms. The van der Waals surface area contributed by atoms with E-state index in [1.54, 1.807) is 14.2 Å². The van der Waals surface area contributed by atoms with E-state index in [9.17, 15) is 0 Å².